The highest BCUT2D eigenvalue weighted by Crippen LogP contribution is 2.18. The molecule has 0 fully saturated rings. The van der Waals surface area contributed by atoms with Crippen molar-refractivity contribution < 1.29 is 19.1 Å². The molecule has 0 aliphatic rings. The van der Waals surface area contributed by atoms with Crippen LogP contribution in [0.4, 0.5) is 20.6 Å². The third kappa shape index (κ3) is 3.36. The number of halogens is 1. The number of benzene rings is 2. The van der Waals surface area contributed by atoms with E-state index in [1.54, 1.807) is 6.07 Å². The molecule has 5 nitrogen and oxygen atoms in total. The average molecular weight is 288 g/mol. The average Bonchev–Trinajstić information content (AvgIpc) is 2.47. The fourth-order valence-corrected chi connectivity index (χ4v) is 1.74. The molecule has 0 unspecified atom stereocenters. The zero-order chi connectivity index (χ0) is 15.4. The lowest BCUT2D eigenvalue weighted by Gasteiger charge is -2.18. The molecule has 6 heteroatoms. The van der Waals surface area contributed by atoms with Crippen molar-refractivity contribution in [3.63, 3.8) is 0 Å². The first-order valence-electron chi connectivity index (χ1n) is 6.11. The van der Waals surface area contributed by atoms with Gasteiger partial charge >= 0.3 is 12.0 Å². The summed E-state index contributed by atoms with van der Waals surface area (Å²) in [4.78, 5) is 23.9. The minimum Gasteiger partial charge on any atom is -0.478 e. The Morgan fingerprint density at radius 1 is 1.10 bits per heavy atom. The summed E-state index contributed by atoms with van der Waals surface area (Å²) >= 11 is 0. The number of carboxylic acids is 1. The molecule has 108 valence electrons. The number of carboxylic acid groups (broad SMARTS) is 1. The normalized spacial score (nSPS) is 10.0. The summed E-state index contributed by atoms with van der Waals surface area (Å²) in [6.45, 7) is 0. The number of amides is 2. The standard InChI is InChI=1S/C15H13FN2O3/c1-18(13-5-3-2-4-12(13)16)15(21)17-11-8-6-10(7-9-11)14(19)20/h2-9H,1H3,(H,17,21)(H,19,20). The predicted octanol–water partition coefficient (Wildman–Crippen LogP) is 3.19. The molecule has 2 aromatic carbocycles. The lowest BCUT2D eigenvalue weighted by molar-refractivity contribution is 0.0697. The molecule has 2 amide bonds. The smallest absolute Gasteiger partial charge is 0.335 e. The number of nitrogens with zero attached hydrogens (tertiary/aromatic N) is 1. The molecule has 0 atom stereocenters. The highest BCUT2D eigenvalue weighted by Gasteiger charge is 2.14. The van der Waals surface area contributed by atoms with Crippen LogP contribution in [-0.2, 0) is 0 Å². The molecule has 0 aliphatic heterocycles. The molecule has 0 radical (unpaired) electrons. The summed E-state index contributed by atoms with van der Waals surface area (Å²) in [6, 6.07) is 11.1. The van der Waals surface area contributed by atoms with E-state index in [-0.39, 0.29) is 11.3 Å². The number of anilines is 2. The first kappa shape index (κ1) is 14.5. The maximum Gasteiger partial charge on any atom is 0.335 e. The molecule has 0 spiro atoms. The lowest BCUT2D eigenvalue weighted by atomic mass is 10.2. The van der Waals surface area contributed by atoms with Crippen LogP contribution in [0.5, 0.6) is 0 Å². The van der Waals surface area contributed by atoms with Crippen LogP contribution >= 0.6 is 0 Å². The second kappa shape index (κ2) is 6.04. The minimum absolute atomic E-state index is 0.121. The second-order valence-corrected chi connectivity index (χ2v) is 4.32. The lowest BCUT2D eigenvalue weighted by Crippen LogP contribution is -2.31. The van der Waals surface area contributed by atoms with Gasteiger partial charge in [-0.2, -0.15) is 0 Å². The third-order valence-corrected chi connectivity index (χ3v) is 2.90. The zero-order valence-electron chi connectivity index (χ0n) is 11.2. The van der Waals surface area contributed by atoms with Crippen LogP contribution in [0.25, 0.3) is 0 Å². The number of nitrogens with one attached hydrogen (secondary N) is 1. The number of urea groups is 1. The van der Waals surface area contributed by atoms with Gasteiger partial charge in [-0.1, -0.05) is 12.1 Å². The Kier molecular flexibility index (Phi) is 4.18. The molecule has 2 rings (SSSR count). The van der Waals surface area contributed by atoms with E-state index in [9.17, 15) is 14.0 Å². The van der Waals surface area contributed by atoms with E-state index in [1.807, 2.05) is 0 Å². The number of carbonyl (C=O) groups is 2. The van der Waals surface area contributed by atoms with Crippen LogP contribution in [0.3, 0.4) is 0 Å². The van der Waals surface area contributed by atoms with Gasteiger partial charge in [0, 0.05) is 12.7 Å². The SMILES string of the molecule is CN(C(=O)Nc1ccc(C(=O)O)cc1)c1ccccc1F. The van der Waals surface area contributed by atoms with Gasteiger partial charge in [-0.05, 0) is 36.4 Å². The molecule has 0 bridgehead atoms. The molecule has 0 saturated carbocycles. The first-order chi connectivity index (χ1) is 9.99. The number of hydrogen-bond donors (Lipinski definition) is 2. The van der Waals surface area contributed by atoms with E-state index in [0.29, 0.717) is 5.69 Å². The number of hydrogen-bond acceptors (Lipinski definition) is 2. The van der Waals surface area contributed by atoms with Gasteiger partial charge in [-0.3, -0.25) is 4.90 Å². The van der Waals surface area contributed by atoms with Crippen molar-refractivity contribution in [1.29, 1.82) is 0 Å². The van der Waals surface area contributed by atoms with Crippen molar-refractivity contribution in [3.05, 3.63) is 59.9 Å². The van der Waals surface area contributed by atoms with Gasteiger partial charge in [0.1, 0.15) is 5.82 Å². The van der Waals surface area contributed by atoms with Gasteiger partial charge in [0.2, 0.25) is 0 Å². The predicted molar refractivity (Wildman–Crippen MR) is 77.2 cm³/mol. The van der Waals surface area contributed by atoms with E-state index in [2.05, 4.69) is 5.32 Å². The van der Waals surface area contributed by atoms with Crippen molar-refractivity contribution in [2.75, 3.05) is 17.3 Å². The topological polar surface area (TPSA) is 69.6 Å². The highest BCUT2D eigenvalue weighted by atomic mass is 19.1. The largest absolute Gasteiger partial charge is 0.478 e. The summed E-state index contributed by atoms with van der Waals surface area (Å²) in [5, 5.41) is 11.3. The van der Waals surface area contributed by atoms with Crippen LogP contribution in [0.15, 0.2) is 48.5 Å². The Morgan fingerprint density at radius 2 is 1.71 bits per heavy atom. The minimum atomic E-state index is -1.05. The summed E-state index contributed by atoms with van der Waals surface area (Å²) in [6.07, 6.45) is 0. The molecule has 0 saturated heterocycles. The first-order valence-corrected chi connectivity index (χ1v) is 6.11. The van der Waals surface area contributed by atoms with Crippen LogP contribution < -0.4 is 10.2 Å². The van der Waals surface area contributed by atoms with Crippen LogP contribution in [0.1, 0.15) is 10.4 Å². The molecule has 0 aliphatic carbocycles. The van der Waals surface area contributed by atoms with Gasteiger partial charge in [-0.15, -0.1) is 0 Å². The van der Waals surface area contributed by atoms with Crippen molar-refractivity contribution in [2.45, 2.75) is 0 Å². The number of rotatable bonds is 3. The van der Waals surface area contributed by atoms with Crippen LogP contribution in [0, 0.1) is 5.82 Å². The maximum absolute atomic E-state index is 13.6. The van der Waals surface area contributed by atoms with Crippen LogP contribution in [0.2, 0.25) is 0 Å². The molecule has 0 aromatic heterocycles. The maximum atomic E-state index is 13.6. The quantitative estimate of drug-likeness (QED) is 0.911. The van der Waals surface area contributed by atoms with Crippen molar-refractivity contribution in [3.8, 4) is 0 Å². The summed E-state index contributed by atoms with van der Waals surface area (Å²) < 4.78 is 13.6. The Morgan fingerprint density at radius 3 is 2.29 bits per heavy atom. The summed E-state index contributed by atoms with van der Waals surface area (Å²) in [5.74, 6) is -1.55. The Hall–Kier alpha value is -2.89. The molecule has 21 heavy (non-hydrogen) atoms. The van der Waals surface area contributed by atoms with Gasteiger partial charge in [0.15, 0.2) is 0 Å². The fourth-order valence-electron chi connectivity index (χ4n) is 1.74. The number of aromatic carboxylic acids is 1. The summed E-state index contributed by atoms with van der Waals surface area (Å²) in [5.41, 5.74) is 0.695. The Labute approximate surface area is 120 Å². The van der Waals surface area contributed by atoms with Gasteiger partial charge < -0.3 is 10.4 Å². The van der Waals surface area contributed by atoms with Crippen molar-refractivity contribution >= 4 is 23.4 Å². The Bertz CT molecular complexity index is 671. The van der Waals surface area contributed by atoms with Gasteiger partial charge in [0.25, 0.3) is 0 Å². The molecule has 2 N–H and O–H groups in total. The third-order valence-electron chi connectivity index (χ3n) is 2.90. The molecular formula is C15H13FN2O3. The Balaban J connectivity index is 2.11. The monoisotopic (exact) mass is 288 g/mol. The highest BCUT2D eigenvalue weighted by molar-refractivity contribution is 6.01. The van der Waals surface area contributed by atoms with Crippen molar-refractivity contribution in [1.82, 2.24) is 0 Å². The molecule has 2 aromatic rings. The number of para-hydroxylation sites is 1. The zero-order valence-corrected chi connectivity index (χ0v) is 11.2. The van der Waals surface area contributed by atoms with Gasteiger partial charge in [0.05, 0.1) is 11.3 Å². The van der Waals surface area contributed by atoms with Crippen molar-refractivity contribution in [2.24, 2.45) is 0 Å². The van der Waals surface area contributed by atoms with E-state index < -0.39 is 17.8 Å². The van der Waals surface area contributed by atoms with E-state index in [1.165, 1.54) is 49.5 Å². The van der Waals surface area contributed by atoms with Gasteiger partial charge in [-0.25, -0.2) is 14.0 Å². The molecule has 0 heterocycles. The number of carbonyl (C=O) groups excluding carboxylic acids is 1. The fraction of sp³-hybridized carbons (Fsp3) is 0.0667. The molecular weight excluding hydrogens is 275 g/mol. The summed E-state index contributed by atoms with van der Waals surface area (Å²) in [7, 11) is 1.44. The van der Waals surface area contributed by atoms with E-state index in [4.69, 9.17) is 5.11 Å². The van der Waals surface area contributed by atoms with E-state index in [0.717, 1.165) is 4.90 Å². The second-order valence-electron chi connectivity index (χ2n) is 4.32. The van der Waals surface area contributed by atoms with E-state index >= 15 is 0 Å². The van der Waals surface area contributed by atoms with Crippen LogP contribution in [-0.4, -0.2) is 24.2 Å².